The second-order valence-electron chi connectivity index (χ2n) is 5.15. The lowest BCUT2D eigenvalue weighted by Gasteiger charge is -2.28. The molecule has 0 spiro atoms. The summed E-state index contributed by atoms with van der Waals surface area (Å²) in [5.74, 6) is -0.311. The van der Waals surface area contributed by atoms with Crippen molar-refractivity contribution >= 4 is 5.91 Å². The summed E-state index contributed by atoms with van der Waals surface area (Å²) in [4.78, 5) is 11.8. The summed E-state index contributed by atoms with van der Waals surface area (Å²) in [6, 6.07) is 6.08. The minimum atomic E-state index is -0.413. The molecule has 1 aromatic carbocycles. The molecule has 0 saturated heterocycles. The van der Waals surface area contributed by atoms with Gasteiger partial charge in [0.15, 0.2) is 0 Å². The molecule has 1 amide bonds. The average molecular weight is 265 g/mol. The molecular weight excluding hydrogens is 245 g/mol. The van der Waals surface area contributed by atoms with Gasteiger partial charge in [-0.25, -0.2) is 4.39 Å². The van der Waals surface area contributed by atoms with E-state index in [4.69, 9.17) is 0 Å². The molecule has 2 rings (SSSR count). The number of amides is 1. The van der Waals surface area contributed by atoms with Gasteiger partial charge in [0.05, 0.1) is 12.1 Å². The van der Waals surface area contributed by atoms with Gasteiger partial charge in [0.25, 0.3) is 0 Å². The number of aryl methyl sites for hydroxylation is 1. The van der Waals surface area contributed by atoms with Crippen LogP contribution in [0.25, 0.3) is 0 Å². The largest absolute Gasteiger partial charge is 0.391 e. The van der Waals surface area contributed by atoms with Crippen LogP contribution in [0.5, 0.6) is 0 Å². The fourth-order valence-corrected chi connectivity index (χ4v) is 2.47. The molecule has 0 bridgehead atoms. The number of hydrogen-bond donors (Lipinski definition) is 2. The van der Waals surface area contributed by atoms with Crippen LogP contribution in [0.15, 0.2) is 24.3 Å². The van der Waals surface area contributed by atoms with E-state index in [1.807, 2.05) is 0 Å². The number of aliphatic hydroxyl groups is 1. The second-order valence-corrected chi connectivity index (χ2v) is 5.15. The van der Waals surface area contributed by atoms with Gasteiger partial charge in [0.1, 0.15) is 5.82 Å². The van der Waals surface area contributed by atoms with Gasteiger partial charge in [-0.3, -0.25) is 4.79 Å². The lowest BCUT2D eigenvalue weighted by atomic mass is 9.92. The van der Waals surface area contributed by atoms with Crippen molar-refractivity contribution in [3.63, 3.8) is 0 Å². The minimum Gasteiger partial charge on any atom is -0.391 e. The van der Waals surface area contributed by atoms with E-state index in [9.17, 15) is 14.3 Å². The van der Waals surface area contributed by atoms with Crippen LogP contribution in [0, 0.1) is 5.82 Å². The predicted octanol–water partition coefficient (Wildman–Crippen LogP) is 2.18. The van der Waals surface area contributed by atoms with Crippen molar-refractivity contribution in [3.05, 3.63) is 35.6 Å². The first-order chi connectivity index (χ1) is 9.15. The fraction of sp³-hybridized carbons (Fsp3) is 0.533. The van der Waals surface area contributed by atoms with Gasteiger partial charge in [0.2, 0.25) is 5.91 Å². The molecule has 0 unspecified atom stereocenters. The van der Waals surface area contributed by atoms with Crippen molar-refractivity contribution in [3.8, 4) is 0 Å². The third kappa shape index (κ3) is 4.31. The molecule has 2 N–H and O–H groups in total. The topological polar surface area (TPSA) is 49.3 Å². The summed E-state index contributed by atoms with van der Waals surface area (Å²) < 4.78 is 12.7. The Balaban J connectivity index is 1.76. The van der Waals surface area contributed by atoms with Gasteiger partial charge in [-0.2, -0.15) is 0 Å². The van der Waals surface area contributed by atoms with E-state index in [0.29, 0.717) is 12.8 Å². The smallest absolute Gasteiger partial charge is 0.220 e. The summed E-state index contributed by atoms with van der Waals surface area (Å²) in [6.45, 7) is 0. The van der Waals surface area contributed by atoms with Crippen molar-refractivity contribution in [1.29, 1.82) is 0 Å². The number of benzene rings is 1. The maximum absolute atomic E-state index is 12.7. The Bertz CT molecular complexity index is 419. The Labute approximate surface area is 112 Å². The van der Waals surface area contributed by atoms with Crippen LogP contribution in [0.2, 0.25) is 0 Å². The third-order valence-electron chi connectivity index (χ3n) is 3.63. The maximum Gasteiger partial charge on any atom is 0.220 e. The summed E-state index contributed by atoms with van der Waals surface area (Å²) in [5, 5.41) is 12.7. The Morgan fingerprint density at radius 1 is 1.26 bits per heavy atom. The molecule has 0 aliphatic heterocycles. The highest BCUT2D eigenvalue weighted by molar-refractivity contribution is 5.76. The monoisotopic (exact) mass is 265 g/mol. The number of nitrogens with one attached hydrogen (secondary N) is 1. The molecule has 1 fully saturated rings. The number of carbonyl (C=O) groups excluding carboxylic acids is 1. The van der Waals surface area contributed by atoms with Crippen LogP contribution >= 0.6 is 0 Å². The van der Waals surface area contributed by atoms with Crippen LogP contribution in [0.3, 0.4) is 0 Å². The summed E-state index contributed by atoms with van der Waals surface area (Å²) in [7, 11) is 0. The molecule has 0 radical (unpaired) electrons. The number of rotatable bonds is 4. The molecule has 19 heavy (non-hydrogen) atoms. The normalized spacial score (nSPS) is 23.1. The Morgan fingerprint density at radius 2 is 1.95 bits per heavy atom. The lowest BCUT2D eigenvalue weighted by Crippen LogP contribution is -2.45. The standard InChI is InChI=1S/C15H20FNO2/c16-12-8-5-11(6-9-12)7-10-15(19)17-13-3-1-2-4-14(13)18/h5-6,8-9,13-14,18H,1-4,7,10H2,(H,17,19)/t13-,14-/m1/s1. The van der Waals surface area contributed by atoms with E-state index >= 15 is 0 Å². The minimum absolute atomic E-state index is 0.0460. The van der Waals surface area contributed by atoms with E-state index in [1.54, 1.807) is 12.1 Å². The zero-order valence-electron chi connectivity index (χ0n) is 10.9. The van der Waals surface area contributed by atoms with Gasteiger partial charge in [0, 0.05) is 6.42 Å². The molecule has 1 aliphatic carbocycles. The number of aliphatic hydroxyl groups excluding tert-OH is 1. The highest BCUT2D eigenvalue weighted by Crippen LogP contribution is 2.18. The summed E-state index contributed by atoms with van der Waals surface area (Å²) >= 11 is 0. The third-order valence-corrected chi connectivity index (χ3v) is 3.63. The highest BCUT2D eigenvalue weighted by Gasteiger charge is 2.24. The molecule has 0 aromatic heterocycles. The number of halogens is 1. The lowest BCUT2D eigenvalue weighted by molar-refractivity contribution is -0.123. The van der Waals surface area contributed by atoms with Crippen molar-refractivity contribution in [2.45, 2.75) is 50.7 Å². The zero-order chi connectivity index (χ0) is 13.7. The molecule has 2 atom stereocenters. The van der Waals surface area contributed by atoms with Crippen molar-refractivity contribution in [2.75, 3.05) is 0 Å². The van der Waals surface area contributed by atoms with E-state index in [1.165, 1.54) is 12.1 Å². The van der Waals surface area contributed by atoms with Crippen LogP contribution in [0.4, 0.5) is 4.39 Å². The first kappa shape index (κ1) is 14.0. The molecule has 0 heterocycles. The van der Waals surface area contributed by atoms with Crippen molar-refractivity contribution in [1.82, 2.24) is 5.32 Å². The van der Waals surface area contributed by atoms with Crippen LogP contribution < -0.4 is 5.32 Å². The maximum atomic E-state index is 12.7. The quantitative estimate of drug-likeness (QED) is 0.876. The molecule has 4 heteroatoms. The van der Waals surface area contributed by atoms with Crippen LogP contribution in [-0.2, 0) is 11.2 Å². The van der Waals surface area contributed by atoms with Crippen LogP contribution in [-0.4, -0.2) is 23.2 Å². The van der Waals surface area contributed by atoms with E-state index in [2.05, 4.69) is 5.32 Å². The van der Waals surface area contributed by atoms with Gasteiger partial charge < -0.3 is 10.4 Å². The van der Waals surface area contributed by atoms with Gasteiger partial charge in [-0.15, -0.1) is 0 Å². The van der Waals surface area contributed by atoms with Crippen molar-refractivity contribution < 1.29 is 14.3 Å². The second kappa shape index (κ2) is 6.66. The predicted molar refractivity (Wildman–Crippen MR) is 71.1 cm³/mol. The van der Waals surface area contributed by atoms with Gasteiger partial charge >= 0.3 is 0 Å². The van der Waals surface area contributed by atoms with Gasteiger partial charge in [-0.05, 0) is 37.0 Å². The Morgan fingerprint density at radius 3 is 2.63 bits per heavy atom. The molecular formula is C15H20FNO2. The summed E-state index contributed by atoms with van der Waals surface area (Å²) in [6.07, 6.45) is 4.25. The fourth-order valence-electron chi connectivity index (χ4n) is 2.47. The molecule has 104 valence electrons. The number of carbonyl (C=O) groups is 1. The molecule has 1 saturated carbocycles. The average Bonchev–Trinajstić information content (AvgIpc) is 2.41. The highest BCUT2D eigenvalue weighted by atomic mass is 19.1. The molecule has 1 aliphatic rings. The van der Waals surface area contributed by atoms with E-state index < -0.39 is 6.10 Å². The van der Waals surface area contributed by atoms with Crippen molar-refractivity contribution in [2.24, 2.45) is 0 Å². The molecule has 1 aromatic rings. The summed E-state index contributed by atoms with van der Waals surface area (Å²) in [5.41, 5.74) is 0.945. The Kier molecular flexibility index (Phi) is 4.91. The SMILES string of the molecule is O=C(CCc1ccc(F)cc1)N[C@@H]1CCCC[C@H]1O. The number of hydrogen-bond acceptors (Lipinski definition) is 2. The molecule has 3 nitrogen and oxygen atoms in total. The Hall–Kier alpha value is -1.42. The zero-order valence-corrected chi connectivity index (χ0v) is 10.9. The van der Waals surface area contributed by atoms with E-state index in [0.717, 1.165) is 31.2 Å². The van der Waals surface area contributed by atoms with Crippen LogP contribution in [0.1, 0.15) is 37.7 Å². The van der Waals surface area contributed by atoms with Gasteiger partial charge in [-0.1, -0.05) is 25.0 Å². The first-order valence-corrected chi connectivity index (χ1v) is 6.87. The first-order valence-electron chi connectivity index (χ1n) is 6.87. The van der Waals surface area contributed by atoms with E-state index in [-0.39, 0.29) is 17.8 Å².